The summed E-state index contributed by atoms with van der Waals surface area (Å²) in [7, 11) is 1.59. The zero-order valence-corrected chi connectivity index (χ0v) is 17.4. The summed E-state index contributed by atoms with van der Waals surface area (Å²) in [6.07, 6.45) is -0.928. The number of carbonyl (C=O) groups is 2. The third-order valence-electron chi connectivity index (χ3n) is 5.63. The Morgan fingerprint density at radius 2 is 1.61 bits per heavy atom. The Morgan fingerprint density at radius 1 is 0.871 bits per heavy atom. The minimum Gasteiger partial charge on any atom is -0.497 e. The second-order valence-electron chi connectivity index (χ2n) is 7.43. The molecule has 0 aromatic heterocycles. The van der Waals surface area contributed by atoms with E-state index in [0.717, 1.165) is 11.3 Å². The molecular weight excluding hydrogens is 416 g/mol. The maximum absolute atomic E-state index is 13.5. The third kappa shape index (κ3) is 3.24. The molecule has 2 saturated heterocycles. The first-order valence-corrected chi connectivity index (χ1v) is 10.2. The van der Waals surface area contributed by atoms with E-state index in [9.17, 15) is 9.59 Å². The number of hydroxylamine groups is 1. The molecule has 2 heterocycles. The van der Waals surface area contributed by atoms with Crippen molar-refractivity contribution < 1.29 is 19.2 Å². The van der Waals surface area contributed by atoms with Crippen LogP contribution in [0.25, 0.3) is 0 Å². The monoisotopic (exact) mass is 434 g/mol. The summed E-state index contributed by atoms with van der Waals surface area (Å²) in [6.45, 7) is 0. The largest absolute Gasteiger partial charge is 0.497 e. The van der Waals surface area contributed by atoms with Gasteiger partial charge in [0.05, 0.1) is 24.5 Å². The molecule has 6 nitrogen and oxygen atoms in total. The highest BCUT2D eigenvalue weighted by atomic mass is 35.5. The molecule has 0 radical (unpaired) electrons. The van der Waals surface area contributed by atoms with Gasteiger partial charge < -0.3 is 4.74 Å². The fraction of sp³-hybridized carbons (Fsp3) is 0.167. The van der Waals surface area contributed by atoms with Crippen LogP contribution in [0, 0.1) is 5.92 Å². The SMILES string of the molecule is COc1cccc([C@@H]2[C@H]3C(=O)N(c4cccc(Cl)c4)C(=O)[C@@H]3ON2c2ccccc2)c1. The smallest absolute Gasteiger partial charge is 0.266 e. The summed E-state index contributed by atoms with van der Waals surface area (Å²) in [5.41, 5.74) is 2.03. The van der Waals surface area contributed by atoms with Crippen LogP contribution in [0.15, 0.2) is 78.9 Å². The number of rotatable bonds is 4. The van der Waals surface area contributed by atoms with Crippen molar-refractivity contribution in [3.63, 3.8) is 0 Å². The van der Waals surface area contributed by atoms with Crippen molar-refractivity contribution in [3.8, 4) is 5.75 Å². The fourth-order valence-electron chi connectivity index (χ4n) is 4.25. The first kappa shape index (κ1) is 19.6. The number of methoxy groups -OCH3 is 1. The molecule has 3 aromatic rings. The first-order valence-electron chi connectivity index (χ1n) is 9.87. The number of benzene rings is 3. The van der Waals surface area contributed by atoms with E-state index in [2.05, 4.69) is 0 Å². The number of hydrogen-bond acceptors (Lipinski definition) is 5. The van der Waals surface area contributed by atoms with Gasteiger partial charge >= 0.3 is 0 Å². The van der Waals surface area contributed by atoms with Crippen molar-refractivity contribution in [2.75, 3.05) is 17.1 Å². The van der Waals surface area contributed by atoms with Crippen LogP contribution in [0.1, 0.15) is 11.6 Å². The number of ether oxygens (including phenoxy) is 1. The van der Waals surface area contributed by atoms with Crippen LogP contribution >= 0.6 is 11.6 Å². The van der Waals surface area contributed by atoms with Gasteiger partial charge in [-0.15, -0.1) is 0 Å². The lowest BCUT2D eigenvalue weighted by Gasteiger charge is -2.29. The molecule has 2 fully saturated rings. The number of hydrogen-bond donors (Lipinski definition) is 0. The molecule has 0 saturated carbocycles. The van der Waals surface area contributed by atoms with E-state index in [0.29, 0.717) is 16.5 Å². The molecule has 0 N–H and O–H groups in total. The molecule has 2 aliphatic heterocycles. The second kappa shape index (κ2) is 7.72. The van der Waals surface area contributed by atoms with Gasteiger partial charge in [0.2, 0.25) is 5.91 Å². The molecule has 2 amide bonds. The highest BCUT2D eigenvalue weighted by molar-refractivity contribution is 6.31. The van der Waals surface area contributed by atoms with E-state index in [4.69, 9.17) is 21.2 Å². The quantitative estimate of drug-likeness (QED) is 0.570. The number of para-hydroxylation sites is 1. The molecule has 3 aromatic carbocycles. The van der Waals surface area contributed by atoms with Gasteiger partial charge in [-0.25, -0.2) is 9.96 Å². The van der Waals surface area contributed by atoms with Crippen LogP contribution in [-0.4, -0.2) is 25.0 Å². The second-order valence-corrected chi connectivity index (χ2v) is 7.86. The predicted molar refractivity (Wildman–Crippen MR) is 117 cm³/mol. The van der Waals surface area contributed by atoms with Gasteiger partial charge in [-0.05, 0) is 48.0 Å². The Hall–Kier alpha value is -3.35. The molecule has 5 rings (SSSR count). The van der Waals surface area contributed by atoms with E-state index < -0.39 is 24.0 Å². The summed E-state index contributed by atoms with van der Waals surface area (Å²) in [6, 6.07) is 23.1. The minimum absolute atomic E-state index is 0.316. The fourth-order valence-corrected chi connectivity index (χ4v) is 4.43. The number of imide groups is 1. The van der Waals surface area contributed by atoms with E-state index in [1.54, 1.807) is 36.4 Å². The number of fused-ring (bicyclic) bond motifs is 1. The minimum atomic E-state index is -0.928. The highest BCUT2D eigenvalue weighted by Gasteiger charge is 2.60. The summed E-state index contributed by atoms with van der Waals surface area (Å²) in [5.74, 6) is -0.761. The number of nitrogens with zero attached hydrogens (tertiary/aromatic N) is 2. The van der Waals surface area contributed by atoms with E-state index in [1.165, 1.54) is 4.90 Å². The van der Waals surface area contributed by atoms with E-state index >= 15 is 0 Å². The number of halogens is 1. The molecule has 31 heavy (non-hydrogen) atoms. The number of amides is 2. The van der Waals surface area contributed by atoms with E-state index in [-0.39, 0.29) is 5.91 Å². The summed E-state index contributed by atoms with van der Waals surface area (Å²) >= 11 is 6.10. The Kier molecular flexibility index (Phi) is 4.88. The van der Waals surface area contributed by atoms with Gasteiger partial charge in [-0.2, -0.15) is 0 Å². The standard InChI is InChI=1S/C24H19ClN2O4/c1-30-19-12-5-7-15(13-19)21-20-22(31-27(21)17-9-3-2-4-10-17)24(29)26(23(20)28)18-11-6-8-16(25)14-18/h2-14,20-22H,1H3/t20-,21-,22-/m1/s1. The zero-order valence-electron chi connectivity index (χ0n) is 16.6. The Bertz CT molecular complexity index is 1150. The Morgan fingerprint density at radius 3 is 2.35 bits per heavy atom. The molecule has 156 valence electrons. The van der Waals surface area contributed by atoms with Crippen LogP contribution in [0.4, 0.5) is 11.4 Å². The van der Waals surface area contributed by atoms with Crippen LogP contribution in [0.5, 0.6) is 5.75 Å². The lowest BCUT2D eigenvalue weighted by atomic mass is 9.90. The summed E-state index contributed by atoms with van der Waals surface area (Å²) in [5, 5.41) is 2.11. The molecule has 0 aliphatic carbocycles. The van der Waals surface area contributed by atoms with Crippen molar-refractivity contribution >= 4 is 34.8 Å². The normalized spacial score (nSPS) is 22.7. The number of anilines is 2. The van der Waals surface area contributed by atoms with Gasteiger partial charge in [-0.1, -0.05) is 48.0 Å². The maximum Gasteiger partial charge on any atom is 0.266 e. The molecular formula is C24H19ClN2O4. The zero-order chi connectivity index (χ0) is 21.5. The molecule has 2 aliphatic rings. The molecule has 0 bridgehead atoms. The van der Waals surface area contributed by atoms with Crippen molar-refractivity contribution in [2.24, 2.45) is 5.92 Å². The van der Waals surface area contributed by atoms with Crippen LogP contribution in [0.2, 0.25) is 5.02 Å². The van der Waals surface area contributed by atoms with Crippen molar-refractivity contribution in [1.82, 2.24) is 0 Å². The number of carbonyl (C=O) groups excluding carboxylic acids is 2. The van der Waals surface area contributed by atoms with Crippen LogP contribution < -0.4 is 14.7 Å². The van der Waals surface area contributed by atoms with Crippen LogP contribution in [-0.2, 0) is 14.4 Å². The van der Waals surface area contributed by atoms with Crippen molar-refractivity contribution in [2.45, 2.75) is 12.1 Å². The molecule has 7 heteroatoms. The average molecular weight is 435 g/mol. The van der Waals surface area contributed by atoms with Crippen LogP contribution in [0.3, 0.4) is 0 Å². The van der Waals surface area contributed by atoms with Crippen molar-refractivity contribution in [3.05, 3.63) is 89.4 Å². The van der Waals surface area contributed by atoms with Gasteiger partial charge in [0.15, 0.2) is 6.10 Å². The van der Waals surface area contributed by atoms with Gasteiger partial charge in [-0.3, -0.25) is 14.4 Å². The summed E-state index contributed by atoms with van der Waals surface area (Å²) in [4.78, 5) is 34.1. The van der Waals surface area contributed by atoms with Gasteiger partial charge in [0.25, 0.3) is 5.91 Å². The summed E-state index contributed by atoms with van der Waals surface area (Å²) < 4.78 is 5.38. The highest BCUT2D eigenvalue weighted by Crippen LogP contribution is 2.48. The lowest BCUT2D eigenvalue weighted by Crippen LogP contribution is -2.37. The van der Waals surface area contributed by atoms with Crippen molar-refractivity contribution in [1.29, 1.82) is 0 Å². The molecule has 0 spiro atoms. The maximum atomic E-state index is 13.5. The molecule has 0 unspecified atom stereocenters. The molecule has 3 atom stereocenters. The third-order valence-corrected chi connectivity index (χ3v) is 5.86. The van der Waals surface area contributed by atoms with Gasteiger partial charge in [0.1, 0.15) is 11.7 Å². The van der Waals surface area contributed by atoms with E-state index in [1.807, 2.05) is 54.6 Å². The average Bonchev–Trinajstić information content (AvgIpc) is 3.30. The van der Waals surface area contributed by atoms with Gasteiger partial charge in [0, 0.05) is 5.02 Å². The lowest BCUT2D eigenvalue weighted by molar-refractivity contribution is -0.126. The predicted octanol–water partition coefficient (Wildman–Crippen LogP) is 4.40. The Labute approximate surface area is 184 Å². The first-order chi connectivity index (χ1) is 15.1. The Balaban J connectivity index is 1.60. The topological polar surface area (TPSA) is 59.1 Å².